The number of aldehydes is 1. The number of nitrogens with two attached hydrogens (primary N) is 1. The third-order valence-corrected chi connectivity index (χ3v) is 8.06. The lowest BCUT2D eigenvalue weighted by Crippen LogP contribution is -2.47. The maximum atomic E-state index is 13.4. The normalized spacial score (nSPS) is 12.2. The number of amides is 4. The summed E-state index contributed by atoms with van der Waals surface area (Å²) < 4.78 is 0. The van der Waals surface area contributed by atoms with E-state index in [0.29, 0.717) is 64.0 Å². The maximum Gasteiger partial charge on any atom is 0.303 e. The number of aliphatic carboxylic acids is 1. The summed E-state index contributed by atoms with van der Waals surface area (Å²) in [7, 11) is 1.54. The van der Waals surface area contributed by atoms with Crippen LogP contribution >= 0.6 is 0 Å². The second-order valence-corrected chi connectivity index (χ2v) is 12.3. The number of aliphatic imine (C=N–C) groups is 1. The van der Waals surface area contributed by atoms with Crippen molar-refractivity contribution in [1.29, 1.82) is 0 Å². The van der Waals surface area contributed by atoms with Gasteiger partial charge in [-0.2, -0.15) is 0 Å². The van der Waals surface area contributed by atoms with Crippen LogP contribution < -0.4 is 43.4 Å². The van der Waals surface area contributed by atoms with Crippen molar-refractivity contribution in [2.45, 2.75) is 44.6 Å². The standard InChI is InChI=1S/C37H52N10O9/c1-39-27(10-3-5-24-48)35(54)43-25-30(40-19-22-47(21-17-38)23-20-42-36(55)28-11-6-14-32(50)44-28)26(46-37(56)29-12-7-15-33(51)45-29)9-2-4-18-41-31(49)13-8-16-34(52)53/h3,5-7,10-12,14-15,24,26,39H,2,4,8-9,13,16-23,25,38H2,1H3,(H,41,49)(H,42,55)(H,43,54)(H,44,50)(H,45,51)(H,46,56)(H,52,53)/b5-3-,27-10-,40-30+. The van der Waals surface area contributed by atoms with Crippen LogP contribution in [0.1, 0.15) is 59.5 Å². The van der Waals surface area contributed by atoms with Gasteiger partial charge in [-0.3, -0.25) is 48.2 Å². The Morgan fingerprint density at radius 1 is 0.857 bits per heavy atom. The van der Waals surface area contributed by atoms with Crippen molar-refractivity contribution in [3.05, 3.63) is 92.4 Å². The average molecular weight is 781 g/mol. The lowest BCUT2D eigenvalue weighted by atomic mass is 10.0. The SMILES string of the molecule is CN/C(=C\C=C/C=O)C(=O)NC/C(=N\CCN(CCN)CCNC(=O)c1cccc(=O)[nH]1)C(CCCCNC(=O)CCCC(=O)O)NC(=O)c1cccc(=O)[nH]1. The summed E-state index contributed by atoms with van der Waals surface area (Å²) in [5.74, 6) is -2.81. The molecule has 0 aliphatic carbocycles. The van der Waals surface area contributed by atoms with Crippen molar-refractivity contribution in [2.75, 3.05) is 59.4 Å². The molecule has 4 amide bonds. The zero-order chi connectivity index (χ0) is 41.1. The Morgan fingerprint density at radius 3 is 2.18 bits per heavy atom. The molecule has 0 aliphatic rings. The highest BCUT2D eigenvalue weighted by molar-refractivity contribution is 6.01. The quantitative estimate of drug-likeness (QED) is 0.0170. The van der Waals surface area contributed by atoms with Crippen molar-refractivity contribution in [3.63, 3.8) is 0 Å². The monoisotopic (exact) mass is 780 g/mol. The molecule has 2 aromatic heterocycles. The number of carboxylic acids is 1. The van der Waals surface area contributed by atoms with E-state index in [0.717, 1.165) is 0 Å². The summed E-state index contributed by atoms with van der Waals surface area (Å²) >= 11 is 0. The molecule has 0 aromatic carbocycles. The minimum Gasteiger partial charge on any atom is -0.481 e. The van der Waals surface area contributed by atoms with E-state index in [-0.39, 0.29) is 61.9 Å². The van der Waals surface area contributed by atoms with Crippen LogP contribution in [0.3, 0.4) is 0 Å². The van der Waals surface area contributed by atoms with Gasteiger partial charge in [0.1, 0.15) is 17.7 Å². The van der Waals surface area contributed by atoms with E-state index in [1.165, 1.54) is 61.7 Å². The van der Waals surface area contributed by atoms with E-state index in [1.54, 1.807) is 0 Å². The molecule has 0 bridgehead atoms. The molecule has 0 fully saturated rings. The lowest BCUT2D eigenvalue weighted by molar-refractivity contribution is -0.137. The number of rotatable bonds is 27. The third kappa shape index (κ3) is 18.7. The fourth-order valence-corrected chi connectivity index (χ4v) is 5.21. The summed E-state index contributed by atoms with van der Waals surface area (Å²) in [5, 5.41) is 22.8. The van der Waals surface area contributed by atoms with Crippen LogP contribution in [0.15, 0.2) is 74.9 Å². The number of H-pyrrole nitrogens is 2. The molecule has 2 aromatic rings. The molecule has 2 heterocycles. The van der Waals surface area contributed by atoms with E-state index < -0.39 is 40.9 Å². The molecule has 19 nitrogen and oxygen atoms in total. The van der Waals surface area contributed by atoms with Gasteiger partial charge in [-0.05, 0) is 50.0 Å². The van der Waals surface area contributed by atoms with Crippen molar-refractivity contribution in [2.24, 2.45) is 10.7 Å². The molecule has 0 saturated heterocycles. The number of nitrogens with one attached hydrogen (secondary N) is 7. The van der Waals surface area contributed by atoms with Crippen molar-refractivity contribution in [3.8, 4) is 0 Å². The Balaban J connectivity index is 2.28. The van der Waals surface area contributed by atoms with Gasteiger partial charge in [-0.25, -0.2) is 0 Å². The van der Waals surface area contributed by atoms with Gasteiger partial charge in [-0.15, -0.1) is 0 Å². The molecule has 304 valence electrons. The summed E-state index contributed by atoms with van der Waals surface area (Å²) in [6, 6.07) is 7.68. The van der Waals surface area contributed by atoms with E-state index in [1.807, 2.05) is 4.90 Å². The number of pyridine rings is 2. The zero-order valence-corrected chi connectivity index (χ0v) is 31.4. The van der Waals surface area contributed by atoms with Gasteiger partial charge in [-0.1, -0.05) is 18.2 Å². The first-order chi connectivity index (χ1) is 27.0. The maximum absolute atomic E-state index is 13.4. The summed E-state index contributed by atoms with van der Waals surface area (Å²) in [6.07, 6.45) is 6.09. The van der Waals surface area contributed by atoms with Gasteiger partial charge in [0.15, 0.2) is 0 Å². The number of aromatic nitrogens is 2. The largest absolute Gasteiger partial charge is 0.481 e. The number of hydrogen-bond donors (Lipinski definition) is 9. The fraction of sp³-hybridized carbons (Fsp3) is 0.432. The van der Waals surface area contributed by atoms with Gasteiger partial charge < -0.3 is 47.4 Å². The van der Waals surface area contributed by atoms with Crippen LogP contribution in [0.4, 0.5) is 0 Å². The first kappa shape index (κ1) is 45.9. The van der Waals surface area contributed by atoms with Crippen LogP contribution in [-0.4, -0.2) is 127 Å². The third-order valence-electron chi connectivity index (χ3n) is 8.06. The molecule has 2 rings (SSSR count). The van der Waals surface area contributed by atoms with Crippen molar-refractivity contribution >= 4 is 41.6 Å². The number of carbonyl (C=O) groups excluding carboxylic acids is 5. The second-order valence-electron chi connectivity index (χ2n) is 12.3. The Morgan fingerprint density at radius 2 is 1.55 bits per heavy atom. The van der Waals surface area contributed by atoms with Crippen LogP contribution in [0.5, 0.6) is 0 Å². The summed E-state index contributed by atoms with van der Waals surface area (Å²) in [5.41, 5.74) is 5.67. The van der Waals surface area contributed by atoms with Gasteiger partial charge in [0.25, 0.3) is 17.7 Å². The molecular formula is C37H52N10O9. The first-order valence-electron chi connectivity index (χ1n) is 18.2. The predicted octanol–water partition coefficient (Wildman–Crippen LogP) is -1.19. The number of likely N-dealkylation sites (N-methyl/N-ethyl adjacent to an activating group) is 1. The van der Waals surface area contributed by atoms with Crippen molar-refractivity contribution < 1.29 is 33.9 Å². The lowest BCUT2D eigenvalue weighted by Gasteiger charge is -2.24. The Labute approximate surface area is 323 Å². The van der Waals surface area contributed by atoms with E-state index in [2.05, 4.69) is 36.6 Å². The smallest absolute Gasteiger partial charge is 0.303 e. The average Bonchev–Trinajstić information content (AvgIpc) is 3.16. The van der Waals surface area contributed by atoms with Crippen LogP contribution in [-0.2, 0) is 19.2 Å². The number of hydrogen-bond acceptors (Lipinski definition) is 12. The van der Waals surface area contributed by atoms with E-state index in [9.17, 15) is 38.4 Å². The highest BCUT2D eigenvalue weighted by Gasteiger charge is 2.21. The van der Waals surface area contributed by atoms with Gasteiger partial charge in [0.05, 0.1) is 30.5 Å². The summed E-state index contributed by atoms with van der Waals surface area (Å²) in [4.78, 5) is 108. The van der Waals surface area contributed by atoms with Crippen LogP contribution in [0, 0.1) is 0 Å². The highest BCUT2D eigenvalue weighted by Crippen LogP contribution is 2.07. The molecular weight excluding hydrogens is 728 g/mol. The topological polar surface area (TPSA) is 290 Å². The molecule has 1 atom stereocenters. The fourth-order valence-electron chi connectivity index (χ4n) is 5.21. The van der Waals surface area contributed by atoms with E-state index >= 15 is 0 Å². The zero-order valence-electron chi connectivity index (χ0n) is 31.4. The molecule has 0 aliphatic heterocycles. The Hall–Kier alpha value is -6.21. The number of carbonyl (C=O) groups is 6. The predicted molar refractivity (Wildman–Crippen MR) is 209 cm³/mol. The molecule has 0 saturated carbocycles. The molecule has 1 unspecified atom stereocenters. The highest BCUT2D eigenvalue weighted by atomic mass is 16.4. The first-order valence-corrected chi connectivity index (χ1v) is 18.2. The minimum atomic E-state index is -0.981. The van der Waals surface area contributed by atoms with Crippen LogP contribution in [0.25, 0.3) is 0 Å². The van der Waals surface area contributed by atoms with Gasteiger partial charge in [0, 0.05) is 71.3 Å². The molecule has 0 spiro atoms. The van der Waals surface area contributed by atoms with Gasteiger partial charge in [0.2, 0.25) is 17.0 Å². The molecule has 0 radical (unpaired) electrons. The Kier molecular flexibility index (Phi) is 21.8. The number of unbranched alkanes of at least 4 members (excludes halogenated alkanes) is 1. The van der Waals surface area contributed by atoms with Crippen LogP contribution in [0.2, 0.25) is 0 Å². The summed E-state index contributed by atoms with van der Waals surface area (Å²) in [6.45, 7) is 2.20. The number of allylic oxidation sites excluding steroid dienone is 3. The number of nitrogens with zero attached hydrogens (tertiary/aromatic N) is 2. The second kappa shape index (κ2) is 26.5. The number of carboxylic acid groups (broad SMARTS) is 1. The Bertz CT molecular complexity index is 1820. The molecule has 19 heteroatoms. The molecule has 56 heavy (non-hydrogen) atoms. The molecule has 10 N–H and O–H groups in total. The minimum absolute atomic E-state index is 0.0117. The van der Waals surface area contributed by atoms with Gasteiger partial charge >= 0.3 is 5.97 Å². The van der Waals surface area contributed by atoms with E-state index in [4.69, 9.17) is 15.8 Å². The number of aromatic amines is 2. The van der Waals surface area contributed by atoms with Crippen molar-refractivity contribution in [1.82, 2.24) is 41.5 Å².